The van der Waals surface area contributed by atoms with Gasteiger partial charge in [-0.2, -0.15) is 0 Å². The molecule has 1 rings (SSSR count). The van der Waals surface area contributed by atoms with Crippen molar-refractivity contribution in [2.24, 2.45) is 0 Å². The maximum absolute atomic E-state index is 5.01. The number of hydrogen-bond donors (Lipinski definition) is 0. The molecule has 1 aliphatic heterocycles. The Labute approximate surface area is 87.6 Å². The topological polar surface area (TPSA) is 21.8 Å². The maximum Gasteiger partial charge on any atom is 0.0810 e. The minimum Gasteiger partial charge on any atom is -0.373 e. The van der Waals surface area contributed by atoms with Gasteiger partial charge in [0, 0.05) is 0 Å². The average Bonchev–Trinajstić information content (AvgIpc) is 3.00. The van der Waals surface area contributed by atoms with E-state index in [-0.39, 0.29) is 0 Å². The zero-order valence-electron chi connectivity index (χ0n) is 9.21. The summed E-state index contributed by atoms with van der Waals surface area (Å²) in [5, 5.41) is 0. The molecule has 1 fully saturated rings. The highest BCUT2D eigenvalue weighted by molar-refractivity contribution is 4.68. The van der Waals surface area contributed by atoms with Crippen LogP contribution in [0.5, 0.6) is 0 Å². The van der Waals surface area contributed by atoms with Crippen LogP contribution in [0, 0.1) is 0 Å². The molecule has 0 radical (unpaired) electrons. The van der Waals surface area contributed by atoms with Gasteiger partial charge in [-0.3, -0.25) is 0 Å². The van der Waals surface area contributed by atoms with Crippen molar-refractivity contribution in [1.29, 1.82) is 0 Å². The summed E-state index contributed by atoms with van der Waals surface area (Å²) >= 11 is 0. The van der Waals surface area contributed by atoms with Gasteiger partial charge in [0.15, 0.2) is 0 Å². The largest absolute Gasteiger partial charge is 0.373 e. The van der Waals surface area contributed by atoms with Crippen LogP contribution in [0.1, 0.15) is 26.2 Å². The molecule has 0 aromatic carbocycles. The van der Waals surface area contributed by atoms with Crippen LogP contribution in [-0.4, -0.2) is 25.9 Å². The van der Waals surface area contributed by atoms with Crippen LogP contribution in [0.15, 0.2) is 25.3 Å². The molecular weight excluding hydrogens is 176 g/mol. The molecule has 0 aliphatic carbocycles. The van der Waals surface area contributed by atoms with Crippen molar-refractivity contribution >= 4 is 0 Å². The fourth-order valence-corrected chi connectivity index (χ4v) is 0.901. The van der Waals surface area contributed by atoms with Gasteiger partial charge in [0.2, 0.25) is 0 Å². The van der Waals surface area contributed by atoms with E-state index in [9.17, 15) is 0 Å². The molecule has 14 heavy (non-hydrogen) atoms. The van der Waals surface area contributed by atoms with Crippen LogP contribution in [0.2, 0.25) is 0 Å². The van der Waals surface area contributed by atoms with E-state index in [0.717, 1.165) is 6.61 Å². The van der Waals surface area contributed by atoms with E-state index in [1.807, 2.05) is 0 Å². The van der Waals surface area contributed by atoms with E-state index in [4.69, 9.17) is 9.47 Å². The van der Waals surface area contributed by atoms with Crippen molar-refractivity contribution in [3.63, 3.8) is 0 Å². The molecule has 2 heteroatoms. The Bertz CT molecular complexity index is 131. The van der Waals surface area contributed by atoms with Crippen molar-refractivity contribution in [1.82, 2.24) is 0 Å². The highest BCUT2D eigenvalue weighted by atomic mass is 16.6. The molecule has 2 nitrogen and oxygen atoms in total. The number of unbranched alkanes of at least 4 members (excludes halogenated alkanes) is 1. The van der Waals surface area contributed by atoms with E-state index in [1.165, 1.54) is 19.3 Å². The molecule has 0 bridgehead atoms. The first-order valence-corrected chi connectivity index (χ1v) is 5.26. The number of epoxide rings is 1. The van der Waals surface area contributed by atoms with Gasteiger partial charge in [-0.1, -0.05) is 31.9 Å². The summed E-state index contributed by atoms with van der Waals surface area (Å²) in [5.74, 6) is 0. The minimum atomic E-state index is 0.617. The lowest BCUT2D eigenvalue weighted by Gasteiger charge is -1.89. The van der Waals surface area contributed by atoms with Crippen molar-refractivity contribution in [2.45, 2.75) is 32.3 Å². The zero-order valence-corrected chi connectivity index (χ0v) is 9.21. The predicted octanol–water partition coefficient (Wildman–Crippen LogP) is 2.95. The Hall–Kier alpha value is -0.600. The van der Waals surface area contributed by atoms with Crippen molar-refractivity contribution < 1.29 is 9.47 Å². The van der Waals surface area contributed by atoms with E-state index in [0.29, 0.717) is 19.3 Å². The smallest absolute Gasteiger partial charge is 0.0810 e. The van der Waals surface area contributed by atoms with Gasteiger partial charge >= 0.3 is 0 Å². The molecule has 0 N–H and O–H groups in total. The fraction of sp³-hybridized carbons (Fsp3) is 0.667. The van der Waals surface area contributed by atoms with E-state index < -0.39 is 0 Å². The molecule has 0 amide bonds. The predicted molar refractivity (Wildman–Crippen MR) is 60.5 cm³/mol. The Kier molecular flexibility index (Phi) is 10.0. The average molecular weight is 198 g/mol. The van der Waals surface area contributed by atoms with Crippen LogP contribution < -0.4 is 0 Å². The van der Waals surface area contributed by atoms with Gasteiger partial charge in [-0.15, -0.1) is 13.2 Å². The van der Waals surface area contributed by atoms with E-state index in [1.54, 1.807) is 12.2 Å². The molecule has 82 valence electrons. The molecule has 0 aromatic rings. The molecular formula is C12H22O2. The highest BCUT2D eigenvalue weighted by Gasteiger charge is 2.20. The summed E-state index contributed by atoms with van der Waals surface area (Å²) in [4.78, 5) is 0. The fourth-order valence-electron chi connectivity index (χ4n) is 0.901. The molecule has 1 aliphatic rings. The summed E-state index contributed by atoms with van der Waals surface area (Å²) in [6.07, 6.45) is 8.01. The number of ether oxygens (including phenoxy) is 2. The van der Waals surface area contributed by atoms with Gasteiger partial charge in [0.25, 0.3) is 0 Å². The monoisotopic (exact) mass is 198 g/mol. The third kappa shape index (κ3) is 11.4. The lowest BCUT2D eigenvalue weighted by atomic mass is 10.2. The van der Waals surface area contributed by atoms with Crippen LogP contribution in [0.25, 0.3) is 0 Å². The SMILES string of the molecule is C=CCOCC=C.CCCCC1CO1. The summed E-state index contributed by atoms with van der Waals surface area (Å²) < 4.78 is 9.91. The van der Waals surface area contributed by atoms with Crippen molar-refractivity contribution in [2.75, 3.05) is 19.8 Å². The molecule has 0 aromatic heterocycles. The molecule has 1 heterocycles. The lowest BCUT2D eigenvalue weighted by Crippen LogP contribution is -1.87. The molecule has 0 spiro atoms. The highest BCUT2D eigenvalue weighted by Crippen LogP contribution is 2.15. The Morgan fingerprint density at radius 1 is 1.36 bits per heavy atom. The Balaban J connectivity index is 0.000000241. The van der Waals surface area contributed by atoms with Gasteiger partial charge in [-0.05, 0) is 6.42 Å². The van der Waals surface area contributed by atoms with Gasteiger partial charge in [0.1, 0.15) is 0 Å². The van der Waals surface area contributed by atoms with Crippen LogP contribution in [0.3, 0.4) is 0 Å². The molecule has 1 unspecified atom stereocenters. The van der Waals surface area contributed by atoms with E-state index >= 15 is 0 Å². The standard InChI is InChI=1S/C6H12O.C6H10O/c1-2-3-4-6-5-7-6;1-3-5-7-6-4-2/h6H,2-5H2,1H3;3-4H,1-2,5-6H2. The van der Waals surface area contributed by atoms with E-state index in [2.05, 4.69) is 20.1 Å². The lowest BCUT2D eigenvalue weighted by molar-refractivity contribution is 0.194. The number of rotatable bonds is 7. The first-order chi connectivity index (χ1) is 6.85. The second kappa shape index (κ2) is 10.5. The second-order valence-corrected chi connectivity index (χ2v) is 3.21. The first kappa shape index (κ1) is 13.4. The zero-order chi connectivity index (χ0) is 10.6. The normalized spacial score (nSPS) is 17.9. The van der Waals surface area contributed by atoms with Crippen molar-refractivity contribution in [3.05, 3.63) is 25.3 Å². The summed E-state index contributed by atoms with van der Waals surface area (Å²) in [6.45, 7) is 11.4. The van der Waals surface area contributed by atoms with Crippen LogP contribution in [0.4, 0.5) is 0 Å². The van der Waals surface area contributed by atoms with Gasteiger partial charge < -0.3 is 9.47 Å². The number of hydrogen-bond acceptors (Lipinski definition) is 2. The maximum atomic E-state index is 5.01. The van der Waals surface area contributed by atoms with Gasteiger partial charge in [-0.25, -0.2) is 0 Å². The summed E-state index contributed by atoms with van der Waals surface area (Å²) in [6, 6.07) is 0. The molecule has 0 saturated carbocycles. The van der Waals surface area contributed by atoms with Gasteiger partial charge in [0.05, 0.1) is 25.9 Å². The third-order valence-corrected chi connectivity index (χ3v) is 1.75. The Morgan fingerprint density at radius 2 is 1.93 bits per heavy atom. The summed E-state index contributed by atoms with van der Waals surface area (Å²) in [5.41, 5.74) is 0. The molecule has 1 saturated heterocycles. The second-order valence-electron chi connectivity index (χ2n) is 3.21. The van der Waals surface area contributed by atoms with Crippen molar-refractivity contribution in [3.8, 4) is 0 Å². The third-order valence-electron chi connectivity index (χ3n) is 1.75. The summed E-state index contributed by atoms with van der Waals surface area (Å²) in [7, 11) is 0. The van der Waals surface area contributed by atoms with Crippen LogP contribution in [-0.2, 0) is 9.47 Å². The molecule has 1 atom stereocenters. The van der Waals surface area contributed by atoms with Crippen LogP contribution >= 0.6 is 0 Å². The first-order valence-electron chi connectivity index (χ1n) is 5.26. The quantitative estimate of drug-likeness (QED) is 0.356. The minimum absolute atomic E-state index is 0.617. The Morgan fingerprint density at radius 3 is 2.29 bits per heavy atom.